The van der Waals surface area contributed by atoms with E-state index in [1.54, 1.807) is 12.1 Å². The molecule has 11 heteroatoms. The van der Waals surface area contributed by atoms with Crippen LogP contribution in [0.4, 0.5) is 0 Å². The van der Waals surface area contributed by atoms with E-state index in [2.05, 4.69) is 10.2 Å². The Morgan fingerprint density at radius 1 is 1.30 bits per heavy atom. The fourth-order valence-corrected chi connectivity index (χ4v) is 6.38. The van der Waals surface area contributed by atoms with Gasteiger partial charge in [-0.3, -0.25) is 9.59 Å². The van der Waals surface area contributed by atoms with Gasteiger partial charge < -0.3 is 39.7 Å². The summed E-state index contributed by atoms with van der Waals surface area (Å²) in [7, 11) is 1.98. The van der Waals surface area contributed by atoms with Gasteiger partial charge in [-0.25, -0.2) is 4.79 Å². The zero-order valence-corrected chi connectivity index (χ0v) is 21.0. The first-order chi connectivity index (χ1) is 17.5. The van der Waals surface area contributed by atoms with Gasteiger partial charge in [-0.15, -0.1) is 0 Å². The maximum atomic E-state index is 12.9. The highest BCUT2D eigenvalue weighted by Crippen LogP contribution is 2.65. The van der Waals surface area contributed by atoms with Gasteiger partial charge in [0.1, 0.15) is 11.9 Å². The first kappa shape index (κ1) is 25.5. The van der Waals surface area contributed by atoms with E-state index < -0.39 is 47.2 Å². The average Bonchev–Trinajstić information content (AvgIpc) is 3.20. The number of phenolic OH excluding ortho intramolecular Hbond substituents is 1. The van der Waals surface area contributed by atoms with Crippen LogP contribution in [-0.4, -0.2) is 88.2 Å². The minimum atomic E-state index is -1.23. The topological polar surface area (TPSA) is 155 Å². The number of aliphatic hydroxyl groups excluding tert-OH is 1. The summed E-state index contributed by atoms with van der Waals surface area (Å²) in [6, 6.07) is 3.28. The van der Waals surface area contributed by atoms with Gasteiger partial charge in [0.25, 0.3) is 0 Å². The zero-order valence-electron chi connectivity index (χ0n) is 21.0. The number of carbonyl (C=O) groups is 3. The molecule has 1 spiro atoms. The Bertz CT molecular complexity index is 1180. The standard InChI is InChI=1S/C26H32N2O9/c1-13(29)23(32)27-10-7-19(31)35-14(2)24(33)36-17-6-8-26(34)18-12-15-4-5-16(30)21-20(15)25(26,22(17)37-21)9-11-28(18)3/h4-6,13-14,18,22,29-30,34H,7-12H2,1-3H3,(H,27,32)/t13?,14-,18+,22-,25-,26+/m0/s1. The molecule has 0 saturated carbocycles. The number of esters is 2. The monoisotopic (exact) mass is 516 g/mol. The summed E-state index contributed by atoms with van der Waals surface area (Å²) in [6.45, 7) is 3.33. The molecule has 5 rings (SSSR count). The van der Waals surface area contributed by atoms with E-state index in [4.69, 9.17) is 14.2 Å². The van der Waals surface area contributed by atoms with Crippen LogP contribution >= 0.6 is 0 Å². The Morgan fingerprint density at radius 3 is 2.78 bits per heavy atom. The van der Waals surface area contributed by atoms with Crippen molar-refractivity contribution in [2.45, 2.75) is 74.9 Å². The summed E-state index contributed by atoms with van der Waals surface area (Å²) < 4.78 is 17.1. The number of piperidine rings is 1. The van der Waals surface area contributed by atoms with Crippen LogP contribution in [0, 0.1) is 0 Å². The molecular formula is C26H32N2O9. The molecule has 2 aliphatic carbocycles. The second kappa shape index (κ2) is 9.00. The molecule has 1 fully saturated rings. The Labute approximate surface area is 214 Å². The smallest absolute Gasteiger partial charge is 0.352 e. The Balaban J connectivity index is 1.33. The zero-order chi connectivity index (χ0) is 26.7. The number of aliphatic hydroxyl groups is 2. The molecule has 200 valence electrons. The minimum absolute atomic E-state index is 0.0297. The number of benzene rings is 1. The predicted octanol–water partition coefficient (Wildman–Crippen LogP) is 0.0319. The fraction of sp³-hybridized carbons (Fsp3) is 0.577. The lowest BCUT2D eigenvalue weighted by molar-refractivity contribution is -0.175. The van der Waals surface area contributed by atoms with Crippen molar-refractivity contribution in [2.75, 3.05) is 20.1 Å². The normalized spacial score (nSPS) is 30.8. The molecule has 4 N–H and O–H groups in total. The van der Waals surface area contributed by atoms with Crippen molar-refractivity contribution < 1.29 is 43.9 Å². The summed E-state index contributed by atoms with van der Waals surface area (Å²) in [5.74, 6) is -1.64. The van der Waals surface area contributed by atoms with Gasteiger partial charge in [0.15, 0.2) is 23.7 Å². The van der Waals surface area contributed by atoms with Gasteiger partial charge in [0.05, 0.1) is 17.4 Å². The number of carbonyl (C=O) groups excluding carboxylic acids is 3. The van der Waals surface area contributed by atoms with Gasteiger partial charge in [-0.2, -0.15) is 0 Å². The number of phenols is 1. The molecular weight excluding hydrogens is 484 g/mol. The minimum Gasteiger partial charge on any atom is -0.504 e. The van der Waals surface area contributed by atoms with E-state index >= 15 is 0 Å². The first-order valence-corrected chi connectivity index (χ1v) is 12.5. The molecule has 0 radical (unpaired) electrons. The summed E-state index contributed by atoms with van der Waals surface area (Å²) in [4.78, 5) is 38.6. The highest BCUT2D eigenvalue weighted by atomic mass is 16.6. The second-order valence-electron chi connectivity index (χ2n) is 10.4. The van der Waals surface area contributed by atoms with Crippen molar-refractivity contribution >= 4 is 17.8 Å². The van der Waals surface area contributed by atoms with E-state index in [1.165, 1.54) is 13.8 Å². The van der Waals surface area contributed by atoms with Crippen LogP contribution in [0.25, 0.3) is 0 Å². The molecule has 4 aliphatic rings. The Kier molecular flexibility index (Phi) is 6.20. The summed E-state index contributed by atoms with van der Waals surface area (Å²) in [6.07, 6.45) is -0.402. The van der Waals surface area contributed by atoms with Gasteiger partial charge in [-0.05, 0) is 58.0 Å². The Morgan fingerprint density at radius 2 is 2.05 bits per heavy atom. The maximum absolute atomic E-state index is 12.9. The van der Waals surface area contributed by atoms with E-state index in [0.717, 1.165) is 11.1 Å². The van der Waals surface area contributed by atoms with Gasteiger partial charge >= 0.3 is 11.9 Å². The number of nitrogens with zero attached hydrogens (tertiary/aromatic N) is 1. The number of aromatic hydroxyl groups is 1. The van der Waals surface area contributed by atoms with E-state index in [1.807, 2.05) is 13.1 Å². The number of rotatable bonds is 7. The van der Waals surface area contributed by atoms with Crippen molar-refractivity contribution in [3.05, 3.63) is 35.1 Å². The molecule has 37 heavy (non-hydrogen) atoms. The lowest BCUT2D eigenvalue weighted by atomic mass is 9.50. The van der Waals surface area contributed by atoms with Gasteiger partial charge in [0, 0.05) is 24.6 Å². The number of amides is 1. The second-order valence-corrected chi connectivity index (χ2v) is 10.4. The Hall–Kier alpha value is -3.15. The number of nitrogens with one attached hydrogen (secondary N) is 1. The summed E-state index contributed by atoms with van der Waals surface area (Å²) >= 11 is 0. The molecule has 11 nitrogen and oxygen atoms in total. The van der Waals surface area contributed by atoms with E-state index in [-0.39, 0.29) is 36.9 Å². The first-order valence-electron chi connectivity index (χ1n) is 12.5. The van der Waals surface area contributed by atoms with E-state index in [0.29, 0.717) is 25.1 Å². The van der Waals surface area contributed by atoms with Crippen LogP contribution in [-0.2, 0) is 35.7 Å². The fourth-order valence-electron chi connectivity index (χ4n) is 6.38. The van der Waals surface area contributed by atoms with Crippen molar-refractivity contribution in [3.63, 3.8) is 0 Å². The van der Waals surface area contributed by atoms with Crippen molar-refractivity contribution in [1.29, 1.82) is 0 Å². The molecule has 1 aromatic carbocycles. The highest BCUT2D eigenvalue weighted by Gasteiger charge is 2.72. The number of ether oxygens (including phenoxy) is 3. The molecule has 1 unspecified atom stereocenters. The van der Waals surface area contributed by atoms with Crippen LogP contribution < -0.4 is 10.1 Å². The maximum Gasteiger partial charge on any atom is 0.352 e. The van der Waals surface area contributed by atoms with Gasteiger partial charge in [0.2, 0.25) is 5.91 Å². The van der Waals surface area contributed by atoms with Crippen LogP contribution in [0.2, 0.25) is 0 Å². The third-order valence-corrected chi connectivity index (χ3v) is 8.22. The number of hydrogen-bond acceptors (Lipinski definition) is 10. The molecule has 1 amide bonds. The lowest BCUT2D eigenvalue weighted by Gasteiger charge is -2.61. The van der Waals surface area contributed by atoms with Gasteiger partial charge in [-0.1, -0.05) is 6.07 Å². The molecule has 6 atom stereocenters. The number of likely N-dealkylation sites (N-methyl/N-ethyl adjacent to an activating group) is 1. The van der Waals surface area contributed by atoms with Crippen molar-refractivity contribution in [3.8, 4) is 11.5 Å². The molecule has 1 aromatic rings. The predicted molar refractivity (Wildman–Crippen MR) is 128 cm³/mol. The van der Waals surface area contributed by atoms with Crippen LogP contribution in [0.1, 0.15) is 44.2 Å². The summed E-state index contributed by atoms with van der Waals surface area (Å²) in [5.41, 5.74) is -0.293. The molecule has 1 saturated heterocycles. The van der Waals surface area contributed by atoms with Crippen molar-refractivity contribution in [1.82, 2.24) is 10.2 Å². The van der Waals surface area contributed by atoms with Crippen LogP contribution in [0.5, 0.6) is 11.5 Å². The molecule has 2 bridgehead atoms. The molecule has 0 aromatic heterocycles. The lowest BCUT2D eigenvalue weighted by Crippen LogP contribution is -2.74. The third-order valence-electron chi connectivity index (χ3n) is 8.22. The number of hydrogen-bond donors (Lipinski definition) is 4. The largest absolute Gasteiger partial charge is 0.504 e. The van der Waals surface area contributed by atoms with E-state index in [9.17, 15) is 29.7 Å². The third kappa shape index (κ3) is 3.79. The highest BCUT2D eigenvalue weighted by molar-refractivity contribution is 5.82. The molecule has 2 aliphatic heterocycles. The van der Waals surface area contributed by atoms with Crippen molar-refractivity contribution in [2.24, 2.45) is 0 Å². The average molecular weight is 517 g/mol. The SMILES string of the molecule is CC(O)C(=O)NCCC(=O)O[C@@H](C)C(=O)OC1=CC[C@@]2(O)[C@H]3Cc4ccc(O)c5c4[C@@]2(CCN3C)[C@H]1O5. The molecule has 2 heterocycles. The quantitative estimate of drug-likeness (QED) is 0.365. The van der Waals surface area contributed by atoms with Crippen LogP contribution in [0.15, 0.2) is 24.0 Å². The van der Waals surface area contributed by atoms with Crippen LogP contribution in [0.3, 0.4) is 0 Å². The number of likely N-dealkylation sites (tertiary alicyclic amines) is 1. The summed E-state index contributed by atoms with van der Waals surface area (Å²) in [5, 5.41) is 34.3.